The number of carboxylic acids is 1. The molecular weight excluding hydrogens is 297 g/mol. The molecule has 2 rings (SSSR count). The van der Waals surface area contributed by atoms with E-state index in [-0.39, 0.29) is 10.2 Å². The fraction of sp³-hybridized carbons (Fsp3) is 0. The Balaban J connectivity index is 2.54. The van der Waals surface area contributed by atoms with E-state index < -0.39 is 5.97 Å². The van der Waals surface area contributed by atoms with Crippen molar-refractivity contribution in [3.63, 3.8) is 0 Å². The number of halogens is 2. The second-order valence-corrected chi connectivity index (χ2v) is 4.05. The number of carboxylic acid groups (broad SMARTS) is 1. The van der Waals surface area contributed by atoms with E-state index >= 15 is 0 Å². The molecule has 5 nitrogen and oxygen atoms in total. The summed E-state index contributed by atoms with van der Waals surface area (Å²) >= 11 is 8.97. The molecule has 0 unspecified atom stereocenters. The lowest BCUT2D eigenvalue weighted by Gasteiger charge is -2.00. The Morgan fingerprint density at radius 3 is 2.88 bits per heavy atom. The third-order valence-corrected chi connectivity index (χ3v) is 2.74. The number of hydrogen-bond donors (Lipinski definition) is 1. The molecule has 0 fully saturated rings. The van der Waals surface area contributed by atoms with Crippen LogP contribution in [0.5, 0.6) is 0 Å². The minimum absolute atomic E-state index is 0.0571. The van der Waals surface area contributed by atoms with E-state index in [0.717, 1.165) is 0 Å². The molecular formula is C9H5BrClN3O2. The summed E-state index contributed by atoms with van der Waals surface area (Å²) in [6.07, 6.45) is 2.90. The van der Waals surface area contributed by atoms with E-state index in [9.17, 15) is 4.79 Å². The average molecular weight is 303 g/mol. The van der Waals surface area contributed by atoms with E-state index in [2.05, 4.69) is 26.0 Å². The Labute approximate surface area is 104 Å². The maximum absolute atomic E-state index is 10.8. The summed E-state index contributed by atoms with van der Waals surface area (Å²) in [7, 11) is 0. The maximum atomic E-state index is 10.8. The predicted octanol–water partition coefficient (Wildman–Crippen LogP) is 2.38. The molecule has 0 aliphatic rings. The molecule has 0 aliphatic carbocycles. The van der Waals surface area contributed by atoms with Crippen LogP contribution in [0.25, 0.3) is 5.82 Å². The van der Waals surface area contributed by atoms with Gasteiger partial charge in [0.25, 0.3) is 0 Å². The number of carbonyl (C=O) groups is 1. The van der Waals surface area contributed by atoms with E-state index in [1.54, 1.807) is 18.3 Å². The van der Waals surface area contributed by atoms with Crippen LogP contribution in [0.4, 0.5) is 0 Å². The van der Waals surface area contributed by atoms with Gasteiger partial charge in [-0.05, 0) is 28.1 Å². The molecule has 7 heteroatoms. The zero-order valence-corrected chi connectivity index (χ0v) is 10.1. The van der Waals surface area contributed by atoms with Gasteiger partial charge in [0, 0.05) is 12.4 Å². The van der Waals surface area contributed by atoms with Gasteiger partial charge in [-0.2, -0.15) is 5.10 Å². The Kier molecular flexibility index (Phi) is 2.93. The van der Waals surface area contributed by atoms with Gasteiger partial charge in [-0.25, -0.2) is 14.5 Å². The highest BCUT2D eigenvalue weighted by Gasteiger charge is 2.15. The third kappa shape index (κ3) is 1.94. The number of nitrogens with zero attached hydrogens (tertiary/aromatic N) is 3. The lowest BCUT2D eigenvalue weighted by atomic mass is 10.4. The summed E-state index contributed by atoms with van der Waals surface area (Å²) < 4.78 is 1.55. The summed E-state index contributed by atoms with van der Waals surface area (Å²) in [4.78, 5) is 14.8. The van der Waals surface area contributed by atoms with Crippen LogP contribution in [0, 0.1) is 0 Å². The van der Waals surface area contributed by atoms with Gasteiger partial charge in [0.15, 0.2) is 5.82 Å². The van der Waals surface area contributed by atoms with Crippen LogP contribution in [0.2, 0.25) is 5.02 Å². The Morgan fingerprint density at radius 1 is 1.56 bits per heavy atom. The molecule has 0 radical (unpaired) electrons. The van der Waals surface area contributed by atoms with Crippen LogP contribution < -0.4 is 0 Å². The largest absolute Gasteiger partial charge is 0.478 e. The lowest BCUT2D eigenvalue weighted by molar-refractivity contribution is 0.0696. The molecule has 0 saturated heterocycles. The van der Waals surface area contributed by atoms with Gasteiger partial charge >= 0.3 is 5.97 Å². The first kappa shape index (κ1) is 11.1. The van der Waals surface area contributed by atoms with Gasteiger partial charge in [0.05, 0.1) is 5.02 Å². The zero-order chi connectivity index (χ0) is 11.7. The van der Waals surface area contributed by atoms with Crippen LogP contribution in [-0.4, -0.2) is 25.8 Å². The number of rotatable bonds is 2. The number of hydrogen-bond acceptors (Lipinski definition) is 3. The van der Waals surface area contributed by atoms with Crippen molar-refractivity contribution in [2.24, 2.45) is 0 Å². The van der Waals surface area contributed by atoms with Crippen LogP contribution in [0.15, 0.2) is 29.1 Å². The van der Waals surface area contributed by atoms with E-state index in [0.29, 0.717) is 10.8 Å². The van der Waals surface area contributed by atoms with Gasteiger partial charge in [-0.3, -0.25) is 0 Å². The van der Waals surface area contributed by atoms with Crippen molar-refractivity contribution < 1.29 is 9.90 Å². The molecule has 2 aromatic rings. The fourth-order valence-corrected chi connectivity index (χ4v) is 1.80. The molecule has 0 bridgehead atoms. The molecule has 0 spiro atoms. The minimum atomic E-state index is -1.06. The zero-order valence-electron chi connectivity index (χ0n) is 7.76. The quantitative estimate of drug-likeness (QED) is 0.925. The summed E-state index contributed by atoms with van der Waals surface area (Å²) in [5.41, 5.74) is 0.0571. The number of aromatic nitrogens is 3. The Morgan fingerprint density at radius 2 is 2.31 bits per heavy atom. The topological polar surface area (TPSA) is 68.0 Å². The summed E-state index contributed by atoms with van der Waals surface area (Å²) in [6.45, 7) is 0. The van der Waals surface area contributed by atoms with Gasteiger partial charge < -0.3 is 5.11 Å². The van der Waals surface area contributed by atoms with Crippen molar-refractivity contribution in [1.82, 2.24) is 14.8 Å². The standard InChI is InChI=1S/C9H5BrClN3O2/c10-7-5(9(15)16)4-14(13-7)8-6(11)2-1-3-12-8/h1-4H,(H,15,16). The van der Waals surface area contributed by atoms with Crippen molar-refractivity contribution in [2.45, 2.75) is 0 Å². The van der Waals surface area contributed by atoms with Crippen molar-refractivity contribution in [2.75, 3.05) is 0 Å². The minimum Gasteiger partial charge on any atom is -0.478 e. The van der Waals surface area contributed by atoms with Crippen LogP contribution in [0.3, 0.4) is 0 Å². The highest BCUT2D eigenvalue weighted by Crippen LogP contribution is 2.20. The first-order valence-corrected chi connectivity index (χ1v) is 5.36. The average Bonchev–Trinajstić information content (AvgIpc) is 2.61. The molecule has 0 amide bonds. The first-order valence-electron chi connectivity index (χ1n) is 4.19. The highest BCUT2D eigenvalue weighted by molar-refractivity contribution is 9.10. The van der Waals surface area contributed by atoms with Crippen molar-refractivity contribution >= 4 is 33.5 Å². The molecule has 0 saturated carbocycles. The van der Waals surface area contributed by atoms with Gasteiger partial charge in [0.1, 0.15) is 10.2 Å². The normalized spacial score (nSPS) is 10.4. The first-order chi connectivity index (χ1) is 7.59. The van der Waals surface area contributed by atoms with Crippen LogP contribution in [0.1, 0.15) is 10.4 Å². The number of aromatic carboxylic acids is 1. The van der Waals surface area contributed by atoms with E-state index in [4.69, 9.17) is 16.7 Å². The van der Waals surface area contributed by atoms with Crippen molar-refractivity contribution in [3.05, 3.63) is 39.7 Å². The fourth-order valence-electron chi connectivity index (χ4n) is 1.15. The van der Waals surface area contributed by atoms with E-state index in [1.807, 2.05) is 0 Å². The van der Waals surface area contributed by atoms with Gasteiger partial charge in [0.2, 0.25) is 0 Å². The molecule has 16 heavy (non-hydrogen) atoms. The molecule has 2 heterocycles. The molecule has 2 aromatic heterocycles. The number of pyridine rings is 1. The monoisotopic (exact) mass is 301 g/mol. The molecule has 0 aliphatic heterocycles. The highest BCUT2D eigenvalue weighted by atomic mass is 79.9. The summed E-state index contributed by atoms with van der Waals surface area (Å²) in [5, 5.41) is 13.2. The Hall–Kier alpha value is -1.40. The Bertz CT molecular complexity index is 555. The maximum Gasteiger partial charge on any atom is 0.340 e. The van der Waals surface area contributed by atoms with Gasteiger partial charge in [-0.1, -0.05) is 11.6 Å². The lowest BCUT2D eigenvalue weighted by Crippen LogP contribution is -1.98. The van der Waals surface area contributed by atoms with E-state index in [1.165, 1.54) is 10.9 Å². The second kappa shape index (κ2) is 4.23. The van der Waals surface area contributed by atoms with Crippen molar-refractivity contribution in [3.8, 4) is 5.82 Å². The molecule has 1 N–H and O–H groups in total. The molecule has 0 aromatic carbocycles. The van der Waals surface area contributed by atoms with Crippen LogP contribution in [-0.2, 0) is 0 Å². The van der Waals surface area contributed by atoms with Gasteiger partial charge in [-0.15, -0.1) is 0 Å². The molecule has 82 valence electrons. The summed E-state index contributed by atoms with van der Waals surface area (Å²) in [5.74, 6) is -0.678. The van der Waals surface area contributed by atoms with Crippen LogP contribution >= 0.6 is 27.5 Å². The van der Waals surface area contributed by atoms with Crippen molar-refractivity contribution in [1.29, 1.82) is 0 Å². The smallest absolute Gasteiger partial charge is 0.340 e. The second-order valence-electron chi connectivity index (χ2n) is 2.89. The molecule has 0 atom stereocenters. The summed E-state index contributed by atoms with van der Waals surface area (Å²) in [6, 6.07) is 3.34. The third-order valence-electron chi connectivity index (χ3n) is 1.86. The SMILES string of the molecule is O=C(O)c1cn(-c2ncccc2Cl)nc1Br. The predicted molar refractivity (Wildman–Crippen MR) is 61.0 cm³/mol.